The van der Waals surface area contributed by atoms with Crippen molar-refractivity contribution in [1.82, 2.24) is 14.2 Å². The van der Waals surface area contributed by atoms with Gasteiger partial charge < -0.3 is 4.90 Å². The molecule has 0 saturated carbocycles. The van der Waals surface area contributed by atoms with E-state index in [4.69, 9.17) is 23.2 Å². The lowest BCUT2D eigenvalue weighted by Crippen LogP contribution is -2.50. The highest BCUT2D eigenvalue weighted by Gasteiger charge is 2.33. The predicted molar refractivity (Wildman–Crippen MR) is 122 cm³/mol. The van der Waals surface area contributed by atoms with E-state index in [9.17, 15) is 13.2 Å². The molecular weight excluding hydrogens is 457 g/mol. The fourth-order valence-electron chi connectivity index (χ4n) is 3.77. The first-order valence-corrected chi connectivity index (χ1v) is 12.0. The number of sulfonamides is 1. The van der Waals surface area contributed by atoms with Gasteiger partial charge in [0.05, 0.1) is 26.8 Å². The van der Waals surface area contributed by atoms with Crippen LogP contribution in [0.4, 0.5) is 0 Å². The third-order valence-corrected chi connectivity index (χ3v) is 8.29. The van der Waals surface area contributed by atoms with Crippen LogP contribution in [0.25, 0.3) is 10.9 Å². The average molecular weight is 478 g/mol. The minimum atomic E-state index is -3.86. The third-order valence-electron chi connectivity index (χ3n) is 5.43. The number of pyridine rings is 1. The van der Waals surface area contributed by atoms with Crippen LogP contribution in [0.2, 0.25) is 10.0 Å². The molecule has 4 rings (SSSR count). The normalized spacial score (nSPS) is 15.4. The molecule has 1 aromatic heterocycles. The van der Waals surface area contributed by atoms with E-state index in [-0.39, 0.29) is 47.0 Å². The van der Waals surface area contributed by atoms with Gasteiger partial charge in [-0.3, -0.25) is 9.78 Å². The van der Waals surface area contributed by atoms with Crippen molar-refractivity contribution in [3.05, 3.63) is 69.3 Å². The fraction of sp³-hybridized carbons (Fsp3) is 0.273. The zero-order valence-electron chi connectivity index (χ0n) is 17.1. The Morgan fingerprint density at radius 3 is 2.26 bits per heavy atom. The van der Waals surface area contributed by atoms with E-state index < -0.39 is 10.0 Å². The summed E-state index contributed by atoms with van der Waals surface area (Å²) in [4.78, 5) is 19.3. The van der Waals surface area contributed by atoms with Gasteiger partial charge in [-0.25, -0.2) is 8.42 Å². The van der Waals surface area contributed by atoms with Crippen LogP contribution >= 0.6 is 23.2 Å². The molecule has 0 radical (unpaired) electrons. The lowest BCUT2D eigenvalue weighted by atomic mass is 10.1. The molecule has 1 aliphatic rings. The van der Waals surface area contributed by atoms with E-state index in [0.29, 0.717) is 11.3 Å². The summed E-state index contributed by atoms with van der Waals surface area (Å²) < 4.78 is 27.4. The summed E-state index contributed by atoms with van der Waals surface area (Å²) in [7, 11) is -3.86. The molecule has 1 fully saturated rings. The molecule has 1 saturated heterocycles. The van der Waals surface area contributed by atoms with Crippen molar-refractivity contribution in [2.24, 2.45) is 0 Å². The van der Waals surface area contributed by atoms with Crippen LogP contribution in [-0.4, -0.2) is 54.7 Å². The zero-order valence-corrected chi connectivity index (χ0v) is 19.4. The first-order chi connectivity index (χ1) is 14.7. The number of aromatic nitrogens is 1. The molecule has 0 atom stereocenters. The monoisotopic (exact) mass is 477 g/mol. The van der Waals surface area contributed by atoms with Crippen molar-refractivity contribution in [3.8, 4) is 0 Å². The molecule has 0 bridgehead atoms. The van der Waals surface area contributed by atoms with Gasteiger partial charge in [0.1, 0.15) is 4.90 Å². The molecule has 31 heavy (non-hydrogen) atoms. The predicted octanol–water partition coefficient (Wildman–Crippen LogP) is 4.31. The highest BCUT2D eigenvalue weighted by Crippen LogP contribution is 2.32. The van der Waals surface area contributed by atoms with Gasteiger partial charge in [0.25, 0.3) is 5.91 Å². The molecule has 1 amide bonds. The molecule has 2 heterocycles. The van der Waals surface area contributed by atoms with E-state index >= 15 is 0 Å². The van der Waals surface area contributed by atoms with Crippen LogP contribution in [0, 0.1) is 13.8 Å². The van der Waals surface area contributed by atoms with Gasteiger partial charge >= 0.3 is 0 Å². The van der Waals surface area contributed by atoms with Gasteiger partial charge in [0.15, 0.2) is 0 Å². The molecule has 0 unspecified atom stereocenters. The van der Waals surface area contributed by atoms with Crippen molar-refractivity contribution >= 4 is 50.0 Å². The number of carbonyl (C=O) groups excluding carboxylic acids is 1. The van der Waals surface area contributed by atoms with Gasteiger partial charge in [-0.1, -0.05) is 40.9 Å². The number of rotatable bonds is 3. The first-order valence-electron chi connectivity index (χ1n) is 9.80. The molecule has 0 aliphatic carbocycles. The zero-order chi connectivity index (χ0) is 22.3. The maximum Gasteiger partial charge on any atom is 0.255 e. The van der Waals surface area contributed by atoms with Crippen molar-refractivity contribution in [1.29, 1.82) is 0 Å². The highest BCUT2D eigenvalue weighted by molar-refractivity contribution is 7.89. The molecule has 0 N–H and O–H groups in total. The Kier molecular flexibility index (Phi) is 5.96. The van der Waals surface area contributed by atoms with Crippen LogP contribution < -0.4 is 0 Å². The Morgan fingerprint density at radius 2 is 1.61 bits per heavy atom. The molecule has 6 nitrogen and oxygen atoms in total. The molecule has 3 aromatic rings. The summed E-state index contributed by atoms with van der Waals surface area (Å²) in [5, 5.41) is 1.07. The standard InChI is InChI=1S/C22H21Cl2N3O3S/c1-14-6-7-20-16(12-14)13-17(15(2)25-20)22(28)26-8-10-27(11-9-26)31(29,30)21-18(23)4-3-5-19(21)24/h3-7,12-13H,8-11H2,1-2H3. The Balaban J connectivity index is 1.54. The van der Waals surface area contributed by atoms with Gasteiger partial charge in [-0.15, -0.1) is 0 Å². The van der Waals surface area contributed by atoms with Crippen LogP contribution in [-0.2, 0) is 10.0 Å². The average Bonchev–Trinajstić information content (AvgIpc) is 2.73. The number of hydrogen-bond donors (Lipinski definition) is 0. The molecule has 0 spiro atoms. The van der Waals surface area contributed by atoms with E-state index in [1.807, 2.05) is 38.1 Å². The summed E-state index contributed by atoms with van der Waals surface area (Å²) in [5.74, 6) is -0.152. The van der Waals surface area contributed by atoms with Crippen LogP contribution in [0.3, 0.4) is 0 Å². The maximum absolute atomic E-state index is 13.2. The van der Waals surface area contributed by atoms with Gasteiger partial charge in [-0.2, -0.15) is 4.31 Å². The van der Waals surface area contributed by atoms with E-state index in [0.717, 1.165) is 16.5 Å². The Morgan fingerprint density at radius 1 is 0.968 bits per heavy atom. The smallest absolute Gasteiger partial charge is 0.255 e. The number of benzene rings is 2. The van der Waals surface area contributed by atoms with E-state index in [2.05, 4.69) is 4.98 Å². The Labute approximate surface area is 191 Å². The second-order valence-corrected chi connectivity index (χ2v) is 10.3. The van der Waals surface area contributed by atoms with E-state index in [1.165, 1.54) is 16.4 Å². The number of aryl methyl sites for hydroxylation is 2. The number of amides is 1. The number of fused-ring (bicyclic) bond motifs is 1. The van der Waals surface area contributed by atoms with E-state index in [1.54, 1.807) is 11.0 Å². The number of nitrogens with zero attached hydrogens (tertiary/aromatic N) is 3. The summed E-state index contributed by atoms with van der Waals surface area (Å²) >= 11 is 12.2. The fourth-order valence-corrected chi connectivity index (χ4v) is 6.28. The minimum Gasteiger partial charge on any atom is -0.336 e. The quantitative estimate of drug-likeness (QED) is 0.563. The third kappa shape index (κ3) is 4.15. The first kappa shape index (κ1) is 22.0. The Hall–Kier alpha value is -2.19. The summed E-state index contributed by atoms with van der Waals surface area (Å²) in [6.07, 6.45) is 0. The summed E-state index contributed by atoms with van der Waals surface area (Å²) in [5.41, 5.74) is 3.11. The van der Waals surface area contributed by atoms with Gasteiger partial charge in [-0.05, 0) is 44.2 Å². The van der Waals surface area contributed by atoms with Crippen LogP contribution in [0.15, 0.2) is 47.4 Å². The van der Waals surface area contributed by atoms with Crippen molar-refractivity contribution in [2.75, 3.05) is 26.2 Å². The molecule has 2 aromatic carbocycles. The maximum atomic E-state index is 13.2. The molecular formula is C22H21Cl2N3O3S. The van der Waals surface area contributed by atoms with Crippen molar-refractivity contribution in [2.45, 2.75) is 18.7 Å². The SMILES string of the molecule is Cc1ccc2nc(C)c(C(=O)N3CCN(S(=O)(=O)c4c(Cl)cccc4Cl)CC3)cc2c1. The second kappa shape index (κ2) is 8.39. The van der Waals surface area contributed by atoms with Gasteiger partial charge in [0, 0.05) is 31.6 Å². The number of halogens is 2. The highest BCUT2D eigenvalue weighted by atomic mass is 35.5. The van der Waals surface area contributed by atoms with Crippen molar-refractivity contribution in [3.63, 3.8) is 0 Å². The minimum absolute atomic E-state index is 0.0826. The topological polar surface area (TPSA) is 70.6 Å². The molecule has 9 heteroatoms. The number of hydrogen-bond acceptors (Lipinski definition) is 4. The Bertz CT molecular complexity index is 1270. The van der Waals surface area contributed by atoms with Gasteiger partial charge in [0.2, 0.25) is 10.0 Å². The van der Waals surface area contributed by atoms with Crippen molar-refractivity contribution < 1.29 is 13.2 Å². The summed E-state index contributed by atoms with van der Waals surface area (Å²) in [6.45, 7) is 4.67. The summed E-state index contributed by atoms with van der Waals surface area (Å²) in [6, 6.07) is 12.4. The number of piperazine rings is 1. The molecule has 1 aliphatic heterocycles. The lowest BCUT2D eigenvalue weighted by Gasteiger charge is -2.34. The molecule has 162 valence electrons. The largest absolute Gasteiger partial charge is 0.336 e. The van der Waals surface area contributed by atoms with Crippen LogP contribution in [0.1, 0.15) is 21.6 Å². The number of carbonyl (C=O) groups is 1. The van der Waals surface area contributed by atoms with Crippen LogP contribution in [0.5, 0.6) is 0 Å². The lowest BCUT2D eigenvalue weighted by molar-refractivity contribution is 0.0697. The second-order valence-electron chi connectivity index (χ2n) is 7.56.